The Morgan fingerprint density at radius 1 is 1.06 bits per heavy atom. The van der Waals surface area contributed by atoms with E-state index in [0.29, 0.717) is 6.61 Å². The standard InChI is InChI=1S/C15H24ClNO/c16-18-13-15-8-6-14(7-9-15)5-4-12-17-10-2-1-3-11-17/h6,8H,1-5,7,9-13H2. The molecule has 1 fully saturated rings. The maximum Gasteiger partial charge on any atom is 0.0896 e. The summed E-state index contributed by atoms with van der Waals surface area (Å²) in [6.07, 6.45) is 13.5. The Bertz CT molecular complexity index is 306. The molecule has 0 spiro atoms. The third-order valence-electron chi connectivity index (χ3n) is 3.98. The zero-order valence-electron chi connectivity index (χ0n) is 11.2. The molecule has 2 aliphatic rings. The fourth-order valence-electron chi connectivity index (χ4n) is 2.83. The van der Waals surface area contributed by atoms with Crippen LogP contribution in [-0.4, -0.2) is 31.1 Å². The maximum atomic E-state index is 5.27. The van der Waals surface area contributed by atoms with E-state index < -0.39 is 0 Å². The highest BCUT2D eigenvalue weighted by molar-refractivity contribution is 6.07. The summed E-state index contributed by atoms with van der Waals surface area (Å²) in [6, 6.07) is 0. The SMILES string of the molecule is ClOCC1=CC=C(CCCN2CCCCC2)CC1. The van der Waals surface area contributed by atoms with Crippen molar-refractivity contribution in [3.63, 3.8) is 0 Å². The average Bonchev–Trinajstić information content (AvgIpc) is 2.42. The molecule has 0 amide bonds. The smallest absolute Gasteiger partial charge is 0.0896 e. The van der Waals surface area contributed by atoms with Crippen molar-refractivity contribution in [2.75, 3.05) is 26.2 Å². The van der Waals surface area contributed by atoms with Crippen LogP contribution in [0.2, 0.25) is 0 Å². The number of allylic oxidation sites excluding steroid dienone is 3. The molecule has 0 aromatic carbocycles. The van der Waals surface area contributed by atoms with E-state index >= 15 is 0 Å². The summed E-state index contributed by atoms with van der Waals surface area (Å²) in [4.78, 5) is 2.62. The molecule has 1 aliphatic heterocycles. The molecule has 18 heavy (non-hydrogen) atoms. The summed E-state index contributed by atoms with van der Waals surface area (Å²) in [6.45, 7) is 4.48. The number of halogens is 1. The predicted octanol–water partition coefficient (Wildman–Crippen LogP) is 4.07. The lowest BCUT2D eigenvalue weighted by molar-refractivity contribution is 0.226. The molecule has 3 heteroatoms. The summed E-state index contributed by atoms with van der Waals surface area (Å²) >= 11 is 5.27. The highest BCUT2D eigenvalue weighted by Gasteiger charge is 2.10. The van der Waals surface area contributed by atoms with Gasteiger partial charge < -0.3 is 4.90 Å². The molecule has 0 saturated carbocycles. The monoisotopic (exact) mass is 269 g/mol. The molecule has 0 aromatic heterocycles. The second-order valence-corrected chi connectivity index (χ2v) is 5.63. The van der Waals surface area contributed by atoms with Crippen molar-refractivity contribution in [3.05, 3.63) is 23.3 Å². The number of hydrogen-bond acceptors (Lipinski definition) is 2. The highest BCUT2D eigenvalue weighted by atomic mass is 35.5. The predicted molar refractivity (Wildman–Crippen MR) is 76.7 cm³/mol. The van der Waals surface area contributed by atoms with Crippen molar-refractivity contribution in [1.29, 1.82) is 0 Å². The number of nitrogens with zero attached hydrogens (tertiary/aromatic N) is 1. The van der Waals surface area contributed by atoms with E-state index in [1.165, 1.54) is 63.7 Å². The van der Waals surface area contributed by atoms with Gasteiger partial charge in [-0.2, -0.15) is 0 Å². The molecule has 0 unspecified atom stereocenters. The van der Waals surface area contributed by atoms with Crippen LogP contribution in [0.5, 0.6) is 0 Å². The van der Waals surface area contributed by atoms with E-state index in [1.54, 1.807) is 5.57 Å². The Hall–Kier alpha value is -0.310. The van der Waals surface area contributed by atoms with Gasteiger partial charge >= 0.3 is 0 Å². The number of piperidine rings is 1. The third-order valence-corrected chi connectivity index (χ3v) is 4.09. The van der Waals surface area contributed by atoms with Crippen molar-refractivity contribution < 1.29 is 4.29 Å². The van der Waals surface area contributed by atoms with Crippen LogP contribution in [0.4, 0.5) is 0 Å². The van der Waals surface area contributed by atoms with Gasteiger partial charge in [0.2, 0.25) is 0 Å². The zero-order valence-corrected chi connectivity index (χ0v) is 11.9. The molecular formula is C15H24ClNO. The summed E-state index contributed by atoms with van der Waals surface area (Å²) in [7, 11) is 0. The summed E-state index contributed by atoms with van der Waals surface area (Å²) in [5.74, 6) is 0. The zero-order chi connectivity index (χ0) is 12.6. The van der Waals surface area contributed by atoms with Crippen molar-refractivity contribution >= 4 is 11.9 Å². The molecule has 1 aliphatic carbocycles. The maximum absolute atomic E-state index is 5.27. The molecular weight excluding hydrogens is 246 g/mol. The summed E-state index contributed by atoms with van der Waals surface area (Å²) in [5, 5.41) is 0. The van der Waals surface area contributed by atoms with E-state index in [0.717, 1.165) is 6.42 Å². The second kappa shape index (κ2) is 7.98. The van der Waals surface area contributed by atoms with Gasteiger partial charge in [0, 0.05) is 0 Å². The molecule has 0 N–H and O–H groups in total. The lowest BCUT2D eigenvalue weighted by Gasteiger charge is -2.26. The molecule has 1 heterocycles. The first-order valence-corrected chi connectivity index (χ1v) is 7.53. The van der Waals surface area contributed by atoms with Gasteiger partial charge in [0.15, 0.2) is 0 Å². The highest BCUT2D eigenvalue weighted by Crippen LogP contribution is 2.22. The van der Waals surface area contributed by atoms with Crippen molar-refractivity contribution in [2.45, 2.75) is 44.9 Å². The Kier molecular flexibility index (Phi) is 6.25. The quantitative estimate of drug-likeness (QED) is 0.721. The summed E-state index contributed by atoms with van der Waals surface area (Å²) in [5.41, 5.74) is 2.90. The number of likely N-dealkylation sites (tertiary alicyclic amines) is 1. The van der Waals surface area contributed by atoms with Gasteiger partial charge in [-0.15, -0.1) is 0 Å². The minimum Gasteiger partial charge on any atom is -0.303 e. The first-order valence-electron chi connectivity index (χ1n) is 7.22. The van der Waals surface area contributed by atoms with Gasteiger partial charge in [0.05, 0.1) is 18.5 Å². The lowest BCUT2D eigenvalue weighted by Crippen LogP contribution is -2.30. The molecule has 0 aromatic rings. The van der Waals surface area contributed by atoms with Gasteiger partial charge in [-0.1, -0.05) is 24.1 Å². The van der Waals surface area contributed by atoms with Crippen LogP contribution in [0.15, 0.2) is 23.3 Å². The normalized spacial score (nSPS) is 21.6. The third kappa shape index (κ3) is 4.75. The van der Waals surface area contributed by atoms with E-state index in [9.17, 15) is 0 Å². The molecule has 102 valence electrons. The van der Waals surface area contributed by atoms with Crippen LogP contribution < -0.4 is 0 Å². The van der Waals surface area contributed by atoms with Crippen molar-refractivity contribution in [3.8, 4) is 0 Å². The van der Waals surface area contributed by atoms with Crippen molar-refractivity contribution in [1.82, 2.24) is 4.90 Å². The fourth-order valence-corrected chi connectivity index (χ4v) is 2.98. The average molecular weight is 270 g/mol. The molecule has 0 atom stereocenters. The van der Waals surface area contributed by atoms with Gasteiger partial charge in [-0.05, 0) is 63.7 Å². The van der Waals surface area contributed by atoms with Crippen LogP contribution in [0.3, 0.4) is 0 Å². The first kappa shape index (κ1) is 14.1. The van der Waals surface area contributed by atoms with Crippen LogP contribution in [-0.2, 0) is 4.29 Å². The van der Waals surface area contributed by atoms with E-state index in [-0.39, 0.29) is 0 Å². The van der Waals surface area contributed by atoms with Crippen LogP contribution in [0.1, 0.15) is 44.9 Å². The van der Waals surface area contributed by atoms with Gasteiger partial charge in [0.25, 0.3) is 0 Å². The lowest BCUT2D eigenvalue weighted by atomic mass is 9.95. The minimum atomic E-state index is 0.569. The molecule has 1 saturated heterocycles. The Balaban J connectivity index is 1.64. The van der Waals surface area contributed by atoms with E-state index in [1.807, 2.05) is 0 Å². The van der Waals surface area contributed by atoms with E-state index in [4.69, 9.17) is 11.9 Å². The van der Waals surface area contributed by atoms with Gasteiger partial charge in [0.1, 0.15) is 0 Å². The van der Waals surface area contributed by atoms with Gasteiger partial charge in [-0.25, -0.2) is 0 Å². The van der Waals surface area contributed by atoms with Crippen LogP contribution in [0, 0.1) is 0 Å². The van der Waals surface area contributed by atoms with Gasteiger partial charge in [-0.3, -0.25) is 4.29 Å². The fraction of sp³-hybridized carbons (Fsp3) is 0.733. The molecule has 0 radical (unpaired) electrons. The topological polar surface area (TPSA) is 12.5 Å². The van der Waals surface area contributed by atoms with E-state index in [2.05, 4.69) is 21.3 Å². The minimum absolute atomic E-state index is 0.569. The summed E-state index contributed by atoms with van der Waals surface area (Å²) < 4.78 is 4.65. The Labute approximate surface area is 116 Å². The number of hydrogen-bond donors (Lipinski definition) is 0. The van der Waals surface area contributed by atoms with Crippen molar-refractivity contribution in [2.24, 2.45) is 0 Å². The molecule has 2 nitrogen and oxygen atoms in total. The first-order chi connectivity index (χ1) is 8.88. The number of rotatable bonds is 6. The molecule has 2 rings (SSSR count). The Morgan fingerprint density at radius 3 is 2.44 bits per heavy atom. The van der Waals surface area contributed by atoms with Crippen LogP contribution in [0.25, 0.3) is 0 Å². The second-order valence-electron chi connectivity index (χ2n) is 5.41. The Morgan fingerprint density at radius 2 is 1.78 bits per heavy atom. The van der Waals surface area contributed by atoms with Crippen LogP contribution >= 0.6 is 11.9 Å². The molecule has 0 bridgehead atoms. The largest absolute Gasteiger partial charge is 0.303 e.